The van der Waals surface area contributed by atoms with Gasteiger partial charge < -0.3 is 15.0 Å². The van der Waals surface area contributed by atoms with Crippen LogP contribution in [0.4, 0.5) is 5.82 Å². The Morgan fingerprint density at radius 3 is 2.53 bits per heavy atom. The predicted octanol–water partition coefficient (Wildman–Crippen LogP) is 3.84. The minimum atomic E-state index is 0.0382. The number of hydrogen-bond acceptors (Lipinski definition) is 5. The van der Waals surface area contributed by atoms with Crippen LogP contribution in [0.25, 0.3) is 10.9 Å². The summed E-state index contributed by atoms with van der Waals surface area (Å²) >= 11 is 0. The Morgan fingerprint density at radius 2 is 1.81 bits per heavy atom. The van der Waals surface area contributed by atoms with Crippen LogP contribution in [0.5, 0.6) is 0 Å². The first-order valence-electron chi connectivity index (χ1n) is 12.4. The van der Waals surface area contributed by atoms with Crippen LogP contribution in [0.3, 0.4) is 0 Å². The van der Waals surface area contributed by atoms with E-state index < -0.39 is 0 Å². The summed E-state index contributed by atoms with van der Waals surface area (Å²) in [6, 6.07) is 10.4. The standard InChI is InChI=1S/C26H36N4O2/c1-18-16-29(17-19(2)32-18)12-9-20-10-13-30(14-11-20)25-15-23(26(31)27-21-7-8-21)22-5-3-4-6-24(22)28-25/h3-6,15,18-21H,7-14,16-17H2,1-2H3,(H,27,31). The highest BCUT2D eigenvalue weighted by Gasteiger charge is 2.27. The number of fused-ring (bicyclic) bond motifs is 1. The smallest absolute Gasteiger partial charge is 0.252 e. The molecular weight excluding hydrogens is 400 g/mol. The van der Waals surface area contributed by atoms with Crippen molar-refractivity contribution in [2.75, 3.05) is 37.6 Å². The van der Waals surface area contributed by atoms with Gasteiger partial charge in [0.15, 0.2) is 0 Å². The fraction of sp³-hybridized carbons (Fsp3) is 0.615. The molecule has 0 spiro atoms. The average molecular weight is 437 g/mol. The zero-order valence-electron chi connectivity index (χ0n) is 19.4. The van der Waals surface area contributed by atoms with E-state index in [9.17, 15) is 4.79 Å². The number of rotatable bonds is 6. The molecule has 2 aliphatic heterocycles. The maximum atomic E-state index is 12.9. The molecule has 2 unspecified atom stereocenters. The number of carbonyl (C=O) groups is 1. The number of pyridine rings is 1. The van der Waals surface area contributed by atoms with Gasteiger partial charge in [0.1, 0.15) is 5.82 Å². The van der Waals surface area contributed by atoms with Crippen molar-refractivity contribution in [1.29, 1.82) is 0 Å². The van der Waals surface area contributed by atoms with Gasteiger partial charge in [-0.2, -0.15) is 0 Å². The van der Waals surface area contributed by atoms with E-state index in [2.05, 4.69) is 29.0 Å². The van der Waals surface area contributed by atoms with Crippen LogP contribution in [0.15, 0.2) is 30.3 Å². The molecule has 2 aromatic rings. The van der Waals surface area contributed by atoms with Crippen molar-refractivity contribution in [3.63, 3.8) is 0 Å². The van der Waals surface area contributed by atoms with Crippen molar-refractivity contribution < 1.29 is 9.53 Å². The fourth-order valence-corrected chi connectivity index (χ4v) is 5.28. The summed E-state index contributed by atoms with van der Waals surface area (Å²) < 4.78 is 5.87. The zero-order valence-corrected chi connectivity index (χ0v) is 19.4. The normalized spacial score (nSPS) is 25.2. The quantitative estimate of drug-likeness (QED) is 0.746. The number of nitrogens with zero attached hydrogens (tertiary/aromatic N) is 3. The average Bonchev–Trinajstić information content (AvgIpc) is 3.60. The number of anilines is 1. The fourth-order valence-electron chi connectivity index (χ4n) is 5.28. The van der Waals surface area contributed by atoms with Crippen LogP contribution in [-0.4, -0.2) is 66.8 Å². The Bertz CT molecular complexity index is 942. The van der Waals surface area contributed by atoms with Gasteiger partial charge in [-0.3, -0.25) is 9.69 Å². The lowest BCUT2D eigenvalue weighted by atomic mass is 9.93. The van der Waals surface area contributed by atoms with Crippen molar-refractivity contribution >= 4 is 22.6 Å². The number of carbonyl (C=O) groups excluding carboxylic acids is 1. The van der Waals surface area contributed by atoms with Gasteiger partial charge in [-0.25, -0.2) is 4.98 Å². The van der Waals surface area contributed by atoms with Crippen LogP contribution < -0.4 is 10.2 Å². The number of morpholine rings is 1. The van der Waals surface area contributed by atoms with Gasteiger partial charge in [0, 0.05) is 37.6 Å². The maximum absolute atomic E-state index is 12.9. The summed E-state index contributed by atoms with van der Waals surface area (Å²) in [5.74, 6) is 1.74. The van der Waals surface area contributed by atoms with Crippen molar-refractivity contribution in [3.05, 3.63) is 35.9 Å². The molecule has 1 saturated carbocycles. The molecule has 172 valence electrons. The molecule has 1 aliphatic carbocycles. The number of para-hydroxylation sites is 1. The minimum absolute atomic E-state index is 0.0382. The second-order valence-electron chi connectivity index (χ2n) is 10.0. The first-order valence-corrected chi connectivity index (χ1v) is 12.4. The molecule has 6 nitrogen and oxygen atoms in total. The zero-order chi connectivity index (χ0) is 22.1. The summed E-state index contributed by atoms with van der Waals surface area (Å²) in [5, 5.41) is 4.10. The number of amides is 1. The van der Waals surface area contributed by atoms with Gasteiger partial charge in [-0.15, -0.1) is 0 Å². The maximum Gasteiger partial charge on any atom is 0.252 e. The Labute approximate surface area is 191 Å². The molecule has 3 fully saturated rings. The molecule has 3 heterocycles. The molecule has 3 aliphatic rings. The van der Waals surface area contributed by atoms with E-state index in [0.717, 1.165) is 67.2 Å². The number of ether oxygens (including phenoxy) is 1. The molecule has 5 rings (SSSR count). The largest absolute Gasteiger partial charge is 0.373 e. The summed E-state index contributed by atoms with van der Waals surface area (Å²) in [6.45, 7) is 9.65. The van der Waals surface area contributed by atoms with Gasteiger partial charge in [0.05, 0.1) is 23.3 Å². The minimum Gasteiger partial charge on any atom is -0.373 e. The van der Waals surface area contributed by atoms with Crippen molar-refractivity contribution in [2.45, 2.75) is 64.2 Å². The molecule has 0 radical (unpaired) electrons. The molecule has 2 saturated heterocycles. The first kappa shape index (κ1) is 21.7. The van der Waals surface area contributed by atoms with Crippen LogP contribution in [0.2, 0.25) is 0 Å². The number of benzene rings is 1. The number of hydrogen-bond donors (Lipinski definition) is 1. The SMILES string of the molecule is CC1CN(CCC2CCN(c3cc(C(=O)NC4CC4)c4ccccc4n3)CC2)CC(C)O1. The molecule has 1 amide bonds. The molecule has 0 bridgehead atoms. The van der Waals surface area contributed by atoms with E-state index in [1.165, 1.54) is 25.8 Å². The molecule has 32 heavy (non-hydrogen) atoms. The highest BCUT2D eigenvalue weighted by Crippen LogP contribution is 2.29. The van der Waals surface area contributed by atoms with E-state index in [-0.39, 0.29) is 5.91 Å². The number of piperidine rings is 1. The highest BCUT2D eigenvalue weighted by molar-refractivity contribution is 6.07. The first-order chi connectivity index (χ1) is 15.5. The summed E-state index contributed by atoms with van der Waals surface area (Å²) in [5.41, 5.74) is 1.67. The second kappa shape index (κ2) is 9.36. The van der Waals surface area contributed by atoms with E-state index in [1.807, 2.05) is 30.3 Å². The van der Waals surface area contributed by atoms with Gasteiger partial charge in [-0.1, -0.05) is 18.2 Å². The van der Waals surface area contributed by atoms with Crippen molar-refractivity contribution in [3.8, 4) is 0 Å². The second-order valence-corrected chi connectivity index (χ2v) is 10.0. The van der Waals surface area contributed by atoms with Crippen LogP contribution in [-0.2, 0) is 4.74 Å². The van der Waals surface area contributed by atoms with Crippen molar-refractivity contribution in [1.82, 2.24) is 15.2 Å². The van der Waals surface area contributed by atoms with Crippen molar-refractivity contribution in [2.24, 2.45) is 5.92 Å². The molecule has 1 aromatic heterocycles. The monoisotopic (exact) mass is 436 g/mol. The molecular formula is C26H36N4O2. The van der Waals surface area contributed by atoms with Gasteiger partial charge in [0.25, 0.3) is 5.91 Å². The molecule has 1 N–H and O–H groups in total. The van der Waals surface area contributed by atoms with Gasteiger partial charge in [-0.05, 0) is 70.5 Å². The lowest BCUT2D eigenvalue weighted by Crippen LogP contribution is -2.46. The molecule has 6 heteroatoms. The third-order valence-electron chi connectivity index (χ3n) is 7.15. The predicted molar refractivity (Wildman–Crippen MR) is 128 cm³/mol. The van der Waals surface area contributed by atoms with Crippen LogP contribution in [0.1, 0.15) is 56.3 Å². The Hall–Kier alpha value is -2.18. The lowest BCUT2D eigenvalue weighted by Gasteiger charge is -2.37. The third-order valence-corrected chi connectivity index (χ3v) is 7.15. The van der Waals surface area contributed by atoms with Crippen LogP contribution >= 0.6 is 0 Å². The summed E-state index contributed by atoms with van der Waals surface area (Å²) in [4.78, 5) is 22.8. The van der Waals surface area contributed by atoms with E-state index in [1.54, 1.807) is 0 Å². The van der Waals surface area contributed by atoms with E-state index in [4.69, 9.17) is 9.72 Å². The Kier molecular flexibility index (Phi) is 6.33. The lowest BCUT2D eigenvalue weighted by molar-refractivity contribution is -0.0690. The molecule has 2 atom stereocenters. The Morgan fingerprint density at radius 1 is 1.09 bits per heavy atom. The highest BCUT2D eigenvalue weighted by atomic mass is 16.5. The van der Waals surface area contributed by atoms with E-state index in [0.29, 0.717) is 18.2 Å². The topological polar surface area (TPSA) is 57.7 Å². The summed E-state index contributed by atoms with van der Waals surface area (Å²) in [7, 11) is 0. The van der Waals surface area contributed by atoms with Gasteiger partial charge >= 0.3 is 0 Å². The van der Waals surface area contributed by atoms with E-state index >= 15 is 0 Å². The summed E-state index contributed by atoms with van der Waals surface area (Å²) in [6.07, 6.45) is 6.50. The van der Waals surface area contributed by atoms with Gasteiger partial charge in [0.2, 0.25) is 0 Å². The Balaban J connectivity index is 1.22. The molecule has 1 aromatic carbocycles. The third kappa shape index (κ3) is 5.07. The van der Waals surface area contributed by atoms with Crippen LogP contribution in [0, 0.1) is 5.92 Å². The number of nitrogens with one attached hydrogen (secondary N) is 1. The number of aromatic nitrogens is 1.